The number of carbonyl (C=O) groups is 2. The molecule has 0 radical (unpaired) electrons. The molecule has 114 valence electrons. The first-order chi connectivity index (χ1) is 9.54. The van der Waals surface area contributed by atoms with E-state index in [2.05, 4.69) is 11.7 Å². The molecule has 0 bridgehead atoms. The van der Waals surface area contributed by atoms with Gasteiger partial charge in [0.25, 0.3) is 0 Å². The Morgan fingerprint density at radius 1 is 1.35 bits per heavy atom. The van der Waals surface area contributed by atoms with Gasteiger partial charge in [0.15, 0.2) is 0 Å². The molecule has 0 aromatic carbocycles. The Kier molecular flexibility index (Phi) is 7.30. The highest BCUT2D eigenvalue weighted by Gasteiger charge is 2.31. The maximum absolute atomic E-state index is 11.1. The van der Waals surface area contributed by atoms with E-state index in [0.29, 0.717) is 12.0 Å². The highest BCUT2D eigenvalue weighted by molar-refractivity contribution is 5.86. The van der Waals surface area contributed by atoms with Crippen molar-refractivity contribution < 1.29 is 24.2 Å². The Morgan fingerprint density at radius 3 is 2.55 bits per heavy atom. The van der Waals surface area contributed by atoms with Crippen molar-refractivity contribution in [2.45, 2.75) is 71.2 Å². The number of hydrogen-bond acceptors (Lipinski definition) is 5. The lowest BCUT2D eigenvalue weighted by Gasteiger charge is -2.19. The molecule has 0 fully saturated rings. The average molecular weight is 284 g/mol. The molecular formula is C15H24O5. The summed E-state index contributed by atoms with van der Waals surface area (Å²) in [6, 6.07) is 0. The molecule has 0 saturated carbocycles. The SMILES string of the molecule is CCCCCCCCC(OC(C)=O)C1=CC(=O)OC1O. The topological polar surface area (TPSA) is 72.8 Å². The quantitative estimate of drug-likeness (QED) is 0.520. The van der Waals surface area contributed by atoms with Crippen LogP contribution in [0.5, 0.6) is 0 Å². The Hall–Kier alpha value is -1.36. The van der Waals surface area contributed by atoms with Crippen molar-refractivity contribution in [3.05, 3.63) is 11.6 Å². The summed E-state index contributed by atoms with van der Waals surface area (Å²) in [5, 5.41) is 9.61. The summed E-state index contributed by atoms with van der Waals surface area (Å²) < 4.78 is 9.81. The van der Waals surface area contributed by atoms with Crippen molar-refractivity contribution in [1.29, 1.82) is 0 Å². The maximum Gasteiger partial charge on any atom is 0.333 e. The van der Waals surface area contributed by atoms with Crippen LogP contribution in [0, 0.1) is 0 Å². The van der Waals surface area contributed by atoms with Crippen molar-refractivity contribution in [3.8, 4) is 0 Å². The lowest BCUT2D eigenvalue weighted by atomic mass is 10.0. The van der Waals surface area contributed by atoms with Crippen LogP contribution in [0.25, 0.3) is 0 Å². The zero-order valence-corrected chi connectivity index (χ0v) is 12.3. The van der Waals surface area contributed by atoms with Crippen LogP contribution in [0.15, 0.2) is 11.6 Å². The molecule has 0 saturated heterocycles. The minimum Gasteiger partial charge on any atom is -0.458 e. The number of rotatable bonds is 9. The van der Waals surface area contributed by atoms with Gasteiger partial charge in [-0.05, 0) is 12.8 Å². The summed E-state index contributed by atoms with van der Waals surface area (Å²) in [5.41, 5.74) is 0.346. The van der Waals surface area contributed by atoms with Gasteiger partial charge < -0.3 is 14.6 Å². The van der Waals surface area contributed by atoms with Crippen LogP contribution in [0.3, 0.4) is 0 Å². The van der Waals surface area contributed by atoms with Crippen molar-refractivity contribution in [3.63, 3.8) is 0 Å². The molecule has 5 nitrogen and oxygen atoms in total. The van der Waals surface area contributed by atoms with E-state index in [-0.39, 0.29) is 0 Å². The van der Waals surface area contributed by atoms with Crippen molar-refractivity contribution in [1.82, 2.24) is 0 Å². The molecule has 0 spiro atoms. The summed E-state index contributed by atoms with van der Waals surface area (Å²) in [5.74, 6) is -1.01. The molecule has 0 aromatic heterocycles. The maximum atomic E-state index is 11.1. The van der Waals surface area contributed by atoms with E-state index >= 15 is 0 Å². The Bertz CT molecular complexity index is 361. The van der Waals surface area contributed by atoms with Crippen LogP contribution in [0.4, 0.5) is 0 Å². The summed E-state index contributed by atoms with van der Waals surface area (Å²) in [4.78, 5) is 22.2. The predicted molar refractivity (Wildman–Crippen MR) is 73.7 cm³/mol. The molecule has 1 aliphatic rings. The van der Waals surface area contributed by atoms with E-state index in [9.17, 15) is 14.7 Å². The van der Waals surface area contributed by atoms with Gasteiger partial charge in [0.1, 0.15) is 6.10 Å². The van der Waals surface area contributed by atoms with Gasteiger partial charge >= 0.3 is 11.9 Å². The minimum absolute atomic E-state index is 0.346. The zero-order chi connectivity index (χ0) is 15.0. The molecule has 1 heterocycles. The standard InChI is InChI=1S/C15H24O5/c1-3-4-5-6-7-8-9-13(19-11(2)16)12-10-14(17)20-15(12)18/h10,13,15,18H,3-9H2,1-2H3. The summed E-state index contributed by atoms with van der Waals surface area (Å²) in [6.07, 6.45) is 6.70. The number of aliphatic hydroxyl groups excluding tert-OH is 1. The summed E-state index contributed by atoms with van der Waals surface area (Å²) >= 11 is 0. The Balaban J connectivity index is 2.43. The van der Waals surface area contributed by atoms with Gasteiger partial charge in [-0.1, -0.05) is 39.0 Å². The third kappa shape index (κ3) is 5.74. The van der Waals surface area contributed by atoms with E-state index in [1.54, 1.807) is 0 Å². The first-order valence-corrected chi connectivity index (χ1v) is 7.32. The molecule has 0 aliphatic carbocycles. The van der Waals surface area contributed by atoms with Crippen LogP contribution < -0.4 is 0 Å². The number of cyclic esters (lactones) is 1. The molecule has 0 aromatic rings. The second-order valence-corrected chi connectivity index (χ2v) is 5.09. The average Bonchev–Trinajstić information content (AvgIpc) is 2.71. The fraction of sp³-hybridized carbons (Fsp3) is 0.733. The number of aliphatic hydroxyl groups is 1. The number of hydrogen-bond donors (Lipinski definition) is 1. The van der Waals surface area contributed by atoms with Crippen molar-refractivity contribution in [2.24, 2.45) is 0 Å². The molecule has 1 rings (SSSR count). The molecule has 20 heavy (non-hydrogen) atoms. The van der Waals surface area contributed by atoms with Crippen LogP contribution in [0.2, 0.25) is 0 Å². The zero-order valence-electron chi connectivity index (χ0n) is 12.3. The van der Waals surface area contributed by atoms with Gasteiger partial charge in [-0.15, -0.1) is 0 Å². The monoisotopic (exact) mass is 284 g/mol. The fourth-order valence-electron chi connectivity index (χ4n) is 2.28. The third-order valence-electron chi connectivity index (χ3n) is 3.30. The fourth-order valence-corrected chi connectivity index (χ4v) is 2.28. The van der Waals surface area contributed by atoms with Crippen LogP contribution in [0.1, 0.15) is 58.8 Å². The molecule has 1 N–H and O–H groups in total. The van der Waals surface area contributed by atoms with Gasteiger partial charge in [0.05, 0.1) is 0 Å². The summed E-state index contributed by atoms with van der Waals surface area (Å²) in [7, 11) is 0. The molecule has 0 amide bonds. The van der Waals surface area contributed by atoms with E-state index in [1.807, 2.05) is 0 Å². The lowest BCUT2D eigenvalue weighted by Crippen LogP contribution is -2.25. The van der Waals surface area contributed by atoms with Gasteiger partial charge in [-0.25, -0.2) is 4.79 Å². The van der Waals surface area contributed by atoms with E-state index in [1.165, 1.54) is 32.3 Å². The first-order valence-electron chi connectivity index (χ1n) is 7.32. The Morgan fingerprint density at radius 2 is 2.00 bits per heavy atom. The smallest absolute Gasteiger partial charge is 0.333 e. The van der Waals surface area contributed by atoms with Gasteiger partial charge in [-0.2, -0.15) is 0 Å². The first kappa shape index (κ1) is 16.7. The highest BCUT2D eigenvalue weighted by atomic mass is 16.6. The predicted octanol–water partition coefficient (Wildman–Crippen LogP) is 2.47. The van der Waals surface area contributed by atoms with Crippen LogP contribution in [-0.2, 0) is 19.1 Å². The third-order valence-corrected chi connectivity index (χ3v) is 3.30. The van der Waals surface area contributed by atoms with Gasteiger partial charge in [0, 0.05) is 18.6 Å². The van der Waals surface area contributed by atoms with Crippen LogP contribution >= 0.6 is 0 Å². The minimum atomic E-state index is -1.29. The van der Waals surface area contributed by atoms with E-state index in [0.717, 1.165) is 19.3 Å². The molecular weight excluding hydrogens is 260 g/mol. The number of unbranched alkanes of at least 4 members (excludes halogenated alkanes) is 5. The largest absolute Gasteiger partial charge is 0.458 e. The normalized spacial score (nSPS) is 19.4. The van der Waals surface area contributed by atoms with Crippen molar-refractivity contribution in [2.75, 3.05) is 0 Å². The van der Waals surface area contributed by atoms with Crippen LogP contribution in [-0.4, -0.2) is 29.4 Å². The number of esters is 2. The van der Waals surface area contributed by atoms with Gasteiger partial charge in [-0.3, -0.25) is 4.79 Å². The molecule has 1 aliphatic heterocycles. The molecule has 2 atom stereocenters. The lowest BCUT2D eigenvalue weighted by molar-refractivity contribution is -0.153. The molecule has 2 unspecified atom stereocenters. The van der Waals surface area contributed by atoms with Gasteiger partial charge in [0.2, 0.25) is 6.29 Å². The van der Waals surface area contributed by atoms with Crippen molar-refractivity contribution >= 4 is 11.9 Å². The second kappa shape index (κ2) is 8.74. The van der Waals surface area contributed by atoms with E-state index < -0.39 is 24.3 Å². The number of carbonyl (C=O) groups excluding carboxylic acids is 2. The second-order valence-electron chi connectivity index (χ2n) is 5.09. The number of ether oxygens (including phenoxy) is 2. The summed E-state index contributed by atoms with van der Waals surface area (Å²) in [6.45, 7) is 3.49. The highest BCUT2D eigenvalue weighted by Crippen LogP contribution is 2.24. The van der Waals surface area contributed by atoms with E-state index in [4.69, 9.17) is 4.74 Å². The Labute approximate surface area is 119 Å². The molecule has 5 heteroatoms.